The summed E-state index contributed by atoms with van der Waals surface area (Å²) in [5.74, 6) is 0.577. The molecular weight excluding hydrogens is 406 g/mol. The lowest BCUT2D eigenvalue weighted by molar-refractivity contribution is -0.120. The first kappa shape index (κ1) is 21.9. The number of carbonyl (C=O) groups is 2. The molecule has 7 nitrogen and oxygen atoms in total. The molecule has 32 heavy (non-hydrogen) atoms. The van der Waals surface area contributed by atoms with Crippen LogP contribution < -0.4 is 14.4 Å². The summed E-state index contributed by atoms with van der Waals surface area (Å²) in [6.07, 6.45) is 0.918. The van der Waals surface area contributed by atoms with Crippen molar-refractivity contribution in [3.05, 3.63) is 59.8 Å². The standard InChI is InChI=1S/C25H29N3O4/c1-4-17-32-19-11-9-18(10-12-19)22-23(27-15-13-26(2)14-16-27)25(30)28(24(22)29)20-7-5-6-8-21(20)31-3/h5-12H,4,13-17H2,1-3H3. The van der Waals surface area contributed by atoms with Gasteiger partial charge in [-0.25, -0.2) is 4.90 Å². The maximum atomic E-state index is 13.7. The van der Waals surface area contributed by atoms with Crippen LogP contribution in [-0.2, 0) is 9.59 Å². The number of para-hydroxylation sites is 2. The summed E-state index contributed by atoms with van der Waals surface area (Å²) >= 11 is 0. The first-order chi connectivity index (χ1) is 15.5. The van der Waals surface area contributed by atoms with Crippen molar-refractivity contribution in [3.63, 3.8) is 0 Å². The van der Waals surface area contributed by atoms with E-state index in [2.05, 4.69) is 18.9 Å². The van der Waals surface area contributed by atoms with Crippen molar-refractivity contribution < 1.29 is 19.1 Å². The zero-order valence-corrected chi connectivity index (χ0v) is 18.8. The number of ether oxygens (including phenoxy) is 2. The molecule has 0 aromatic heterocycles. The van der Waals surface area contributed by atoms with E-state index >= 15 is 0 Å². The van der Waals surface area contributed by atoms with Gasteiger partial charge >= 0.3 is 0 Å². The van der Waals surface area contributed by atoms with Crippen LogP contribution in [0.3, 0.4) is 0 Å². The summed E-state index contributed by atoms with van der Waals surface area (Å²) in [6.45, 7) is 5.72. The highest BCUT2D eigenvalue weighted by molar-refractivity contribution is 6.45. The number of rotatable bonds is 7. The van der Waals surface area contributed by atoms with Gasteiger partial charge in [0.2, 0.25) is 0 Å². The number of imide groups is 1. The Hall–Kier alpha value is -3.32. The van der Waals surface area contributed by atoms with Gasteiger partial charge in [0.25, 0.3) is 11.8 Å². The van der Waals surface area contributed by atoms with E-state index in [1.807, 2.05) is 35.2 Å². The summed E-state index contributed by atoms with van der Waals surface area (Å²) in [4.78, 5) is 32.8. The number of hydrogen-bond donors (Lipinski definition) is 0. The lowest BCUT2D eigenvalue weighted by Gasteiger charge is -2.34. The number of carbonyl (C=O) groups excluding carboxylic acids is 2. The average molecular weight is 436 g/mol. The number of anilines is 1. The molecule has 2 aromatic rings. The highest BCUT2D eigenvalue weighted by Gasteiger charge is 2.43. The zero-order chi connectivity index (χ0) is 22.7. The van der Waals surface area contributed by atoms with Gasteiger partial charge in [0.1, 0.15) is 17.2 Å². The molecule has 7 heteroatoms. The van der Waals surface area contributed by atoms with Crippen molar-refractivity contribution in [2.75, 3.05) is 51.8 Å². The Bertz CT molecular complexity index is 1020. The summed E-state index contributed by atoms with van der Waals surface area (Å²) < 4.78 is 11.1. The molecule has 0 N–H and O–H groups in total. The van der Waals surface area contributed by atoms with Gasteiger partial charge in [-0.2, -0.15) is 0 Å². The fourth-order valence-corrected chi connectivity index (χ4v) is 4.07. The molecule has 2 aromatic carbocycles. The Morgan fingerprint density at radius 1 is 0.906 bits per heavy atom. The first-order valence-electron chi connectivity index (χ1n) is 11.0. The van der Waals surface area contributed by atoms with E-state index in [1.54, 1.807) is 18.2 Å². The van der Waals surface area contributed by atoms with Gasteiger partial charge in [0.05, 0.1) is 25.0 Å². The van der Waals surface area contributed by atoms with Crippen molar-refractivity contribution >= 4 is 23.1 Å². The third-order valence-electron chi connectivity index (χ3n) is 5.82. The third-order valence-corrected chi connectivity index (χ3v) is 5.82. The largest absolute Gasteiger partial charge is 0.495 e. The van der Waals surface area contributed by atoms with Crippen molar-refractivity contribution in [2.24, 2.45) is 0 Å². The van der Waals surface area contributed by atoms with Gasteiger partial charge in [-0.1, -0.05) is 31.2 Å². The molecule has 1 saturated heterocycles. The first-order valence-corrected chi connectivity index (χ1v) is 11.0. The molecule has 0 radical (unpaired) electrons. The van der Waals surface area contributed by atoms with Crippen LogP contribution in [0.4, 0.5) is 5.69 Å². The van der Waals surface area contributed by atoms with Crippen molar-refractivity contribution in [3.8, 4) is 11.5 Å². The minimum atomic E-state index is -0.337. The normalized spacial score (nSPS) is 17.3. The topological polar surface area (TPSA) is 62.3 Å². The van der Waals surface area contributed by atoms with Gasteiger partial charge in [-0.05, 0) is 43.3 Å². The Morgan fingerprint density at radius 2 is 1.59 bits per heavy atom. The van der Waals surface area contributed by atoms with Gasteiger partial charge in [0.15, 0.2) is 0 Å². The van der Waals surface area contributed by atoms with Crippen LogP contribution in [-0.4, -0.2) is 68.6 Å². The van der Waals surface area contributed by atoms with E-state index in [9.17, 15) is 9.59 Å². The molecule has 1 fully saturated rings. The minimum absolute atomic E-state index is 0.314. The molecular formula is C25H29N3O4. The highest BCUT2D eigenvalue weighted by atomic mass is 16.5. The number of likely N-dealkylation sites (N-methyl/N-ethyl adjacent to an activating group) is 1. The van der Waals surface area contributed by atoms with E-state index in [-0.39, 0.29) is 11.8 Å². The number of nitrogens with zero attached hydrogens (tertiary/aromatic N) is 3. The van der Waals surface area contributed by atoms with Crippen molar-refractivity contribution in [2.45, 2.75) is 13.3 Å². The average Bonchev–Trinajstić information content (AvgIpc) is 3.08. The minimum Gasteiger partial charge on any atom is -0.495 e. The Kier molecular flexibility index (Phi) is 6.46. The molecule has 168 valence electrons. The maximum Gasteiger partial charge on any atom is 0.282 e. The molecule has 0 unspecified atom stereocenters. The van der Waals surface area contributed by atoms with Crippen LogP contribution in [0.15, 0.2) is 54.2 Å². The second-order valence-corrected chi connectivity index (χ2v) is 8.00. The van der Waals surface area contributed by atoms with Crippen LogP contribution in [0.2, 0.25) is 0 Å². The van der Waals surface area contributed by atoms with Gasteiger partial charge in [0, 0.05) is 26.2 Å². The molecule has 0 aliphatic carbocycles. The lowest BCUT2D eigenvalue weighted by atomic mass is 10.0. The molecule has 4 rings (SSSR count). The lowest BCUT2D eigenvalue weighted by Crippen LogP contribution is -2.46. The Morgan fingerprint density at radius 3 is 2.25 bits per heavy atom. The monoisotopic (exact) mass is 435 g/mol. The number of benzene rings is 2. The molecule has 2 aliphatic rings. The van der Waals surface area contributed by atoms with Crippen molar-refractivity contribution in [1.82, 2.24) is 9.80 Å². The highest BCUT2D eigenvalue weighted by Crippen LogP contribution is 2.39. The number of methoxy groups -OCH3 is 1. The Labute approximate surface area is 188 Å². The van der Waals surface area contributed by atoms with Crippen molar-refractivity contribution in [1.29, 1.82) is 0 Å². The van der Waals surface area contributed by atoms with Crippen LogP contribution in [0.25, 0.3) is 5.57 Å². The molecule has 2 heterocycles. The van der Waals surface area contributed by atoms with E-state index in [1.165, 1.54) is 12.0 Å². The second kappa shape index (κ2) is 9.44. The van der Waals surface area contributed by atoms with Gasteiger partial charge in [-0.15, -0.1) is 0 Å². The van der Waals surface area contributed by atoms with Gasteiger partial charge in [-0.3, -0.25) is 9.59 Å². The molecule has 0 atom stereocenters. The van der Waals surface area contributed by atoms with Crippen LogP contribution >= 0.6 is 0 Å². The molecule has 2 aliphatic heterocycles. The van der Waals surface area contributed by atoms with E-state index in [0.717, 1.165) is 25.3 Å². The number of piperazine rings is 1. The molecule has 0 bridgehead atoms. The van der Waals surface area contributed by atoms with Crippen LogP contribution in [0.1, 0.15) is 18.9 Å². The van der Waals surface area contributed by atoms with Crippen LogP contribution in [0.5, 0.6) is 11.5 Å². The van der Waals surface area contributed by atoms with Crippen LogP contribution in [0, 0.1) is 0 Å². The number of amides is 2. The predicted molar refractivity (Wildman–Crippen MR) is 124 cm³/mol. The number of hydrogen-bond acceptors (Lipinski definition) is 6. The maximum absolute atomic E-state index is 13.7. The van der Waals surface area contributed by atoms with E-state index < -0.39 is 0 Å². The molecule has 0 saturated carbocycles. The van der Waals surface area contributed by atoms with Gasteiger partial charge < -0.3 is 19.3 Å². The van der Waals surface area contributed by atoms with E-state index in [4.69, 9.17) is 9.47 Å². The summed E-state index contributed by atoms with van der Waals surface area (Å²) in [7, 11) is 3.60. The summed E-state index contributed by atoms with van der Waals surface area (Å²) in [5.41, 5.74) is 2.04. The second-order valence-electron chi connectivity index (χ2n) is 8.00. The molecule has 2 amide bonds. The predicted octanol–water partition coefficient (Wildman–Crippen LogP) is 3.02. The SMILES string of the molecule is CCCOc1ccc(C2=C(N3CCN(C)CC3)C(=O)N(c3ccccc3OC)C2=O)cc1. The third kappa shape index (κ3) is 4.08. The quantitative estimate of drug-likeness (QED) is 0.623. The smallest absolute Gasteiger partial charge is 0.282 e. The summed E-state index contributed by atoms with van der Waals surface area (Å²) in [6, 6.07) is 14.5. The summed E-state index contributed by atoms with van der Waals surface area (Å²) in [5, 5.41) is 0. The zero-order valence-electron chi connectivity index (χ0n) is 18.8. The Balaban J connectivity index is 1.76. The fourth-order valence-electron chi connectivity index (χ4n) is 4.07. The van der Waals surface area contributed by atoms with E-state index in [0.29, 0.717) is 48.0 Å². The molecule has 0 spiro atoms. The fraction of sp³-hybridized carbons (Fsp3) is 0.360.